The fourth-order valence-electron chi connectivity index (χ4n) is 1.71. The van der Waals surface area contributed by atoms with Crippen LogP contribution in [0.15, 0.2) is 47.8 Å². The number of hydrogen-bond donors (Lipinski definition) is 0. The molecule has 0 aliphatic rings. The molecule has 0 saturated heterocycles. The van der Waals surface area contributed by atoms with E-state index >= 15 is 0 Å². The molecule has 0 unspecified atom stereocenters. The Kier molecular flexibility index (Phi) is 3.16. The summed E-state index contributed by atoms with van der Waals surface area (Å²) in [5, 5.41) is 4.18. The minimum absolute atomic E-state index is 0.512. The molecule has 2 aromatic carbocycles. The average Bonchev–Trinajstić information content (AvgIpc) is 2.76. The van der Waals surface area contributed by atoms with E-state index in [-0.39, 0.29) is 0 Å². The molecule has 0 amide bonds. The summed E-state index contributed by atoms with van der Waals surface area (Å²) in [6, 6.07) is 13.3. The molecule has 0 saturated carbocycles. The predicted octanol–water partition coefficient (Wildman–Crippen LogP) is 6.00. The molecule has 18 heavy (non-hydrogen) atoms. The smallest absolute Gasteiger partial charge is 0.146 e. The van der Waals surface area contributed by atoms with E-state index in [0.29, 0.717) is 15.8 Å². The van der Waals surface area contributed by atoms with E-state index in [4.69, 9.17) is 27.9 Å². The molecule has 1 nitrogen and oxygen atoms in total. The van der Waals surface area contributed by atoms with Crippen LogP contribution < -0.4 is 4.74 Å². The van der Waals surface area contributed by atoms with Gasteiger partial charge in [-0.3, -0.25) is 0 Å². The van der Waals surface area contributed by atoms with Crippen LogP contribution in [0.4, 0.5) is 0 Å². The lowest BCUT2D eigenvalue weighted by Crippen LogP contribution is -1.83. The van der Waals surface area contributed by atoms with Gasteiger partial charge in [-0.25, -0.2) is 0 Å². The zero-order chi connectivity index (χ0) is 12.5. The van der Waals surface area contributed by atoms with Gasteiger partial charge < -0.3 is 4.74 Å². The highest BCUT2D eigenvalue weighted by atomic mass is 35.5. The number of hydrogen-bond acceptors (Lipinski definition) is 2. The number of fused-ring (bicyclic) bond motifs is 1. The third kappa shape index (κ3) is 2.19. The van der Waals surface area contributed by atoms with Crippen LogP contribution in [0.25, 0.3) is 10.1 Å². The van der Waals surface area contributed by atoms with E-state index in [2.05, 4.69) is 6.07 Å². The first kappa shape index (κ1) is 11.8. The van der Waals surface area contributed by atoms with Crippen LogP contribution in [-0.2, 0) is 0 Å². The van der Waals surface area contributed by atoms with Crippen LogP contribution in [-0.4, -0.2) is 0 Å². The van der Waals surface area contributed by atoms with Crippen LogP contribution in [0, 0.1) is 0 Å². The lowest BCUT2D eigenvalue weighted by Gasteiger charge is -2.06. The van der Waals surface area contributed by atoms with Gasteiger partial charge in [-0.05, 0) is 30.3 Å². The molecule has 4 heteroatoms. The second-order valence-electron chi connectivity index (χ2n) is 3.77. The first-order valence-electron chi connectivity index (χ1n) is 5.33. The van der Waals surface area contributed by atoms with E-state index in [9.17, 15) is 0 Å². The van der Waals surface area contributed by atoms with Crippen molar-refractivity contribution in [2.75, 3.05) is 0 Å². The molecule has 0 aliphatic carbocycles. The van der Waals surface area contributed by atoms with Crippen LogP contribution in [0.5, 0.6) is 11.5 Å². The highest BCUT2D eigenvalue weighted by Gasteiger charge is 2.08. The van der Waals surface area contributed by atoms with Gasteiger partial charge in [0.1, 0.15) is 11.5 Å². The van der Waals surface area contributed by atoms with Crippen LogP contribution in [0.2, 0.25) is 10.0 Å². The Hall–Kier alpha value is -1.22. The second kappa shape index (κ2) is 4.81. The standard InChI is InChI=1S/C14H8Cl2OS/c15-9-5-6-12(11(16)7-9)17-13-8-18-14-4-2-1-3-10(13)14/h1-8H. The van der Waals surface area contributed by atoms with E-state index in [0.717, 1.165) is 11.1 Å². The van der Waals surface area contributed by atoms with E-state index in [1.54, 1.807) is 29.5 Å². The molecule has 0 atom stereocenters. The third-order valence-corrected chi connectivity index (χ3v) is 4.03. The highest BCUT2D eigenvalue weighted by molar-refractivity contribution is 7.17. The SMILES string of the molecule is Clc1ccc(Oc2csc3ccccc23)c(Cl)c1. The number of halogens is 2. The van der Waals surface area contributed by atoms with E-state index < -0.39 is 0 Å². The molecule has 0 radical (unpaired) electrons. The molecule has 1 aromatic heterocycles. The van der Waals surface area contributed by atoms with Gasteiger partial charge in [0, 0.05) is 20.5 Å². The molecule has 90 valence electrons. The van der Waals surface area contributed by atoms with Crippen LogP contribution in [0.1, 0.15) is 0 Å². The second-order valence-corrected chi connectivity index (χ2v) is 5.53. The summed E-state index contributed by atoms with van der Waals surface area (Å²) >= 11 is 13.6. The third-order valence-electron chi connectivity index (χ3n) is 2.56. The number of benzene rings is 2. The molecule has 0 bridgehead atoms. The summed E-state index contributed by atoms with van der Waals surface area (Å²) in [5.41, 5.74) is 0. The number of rotatable bonds is 2. The fourth-order valence-corrected chi connectivity index (χ4v) is 3.02. The Labute approximate surface area is 119 Å². The lowest BCUT2D eigenvalue weighted by atomic mass is 10.2. The molecule has 3 rings (SSSR count). The minimum atomic E-state index is 0.512. The quantitative estimate of drug-likeness (QED) is 0.563. The van der Waals surface area contributed by atoms with Crippen LogP contribution in [0.3, 0.4) is 0 Å². The Morgan fingerprint density at radius 2 is 1.78 bits per heavy atom. The molecular formula is C14H8Cl2OS. The number of thiophene rings is 1. The first-order chi connectivity index (χ1) is 8.74. The van der Waals surface area contributed by atoms with Gasteiger partial charge in [0.05, 0.1) is 5.02 Å². The average molecular weight is 295 g/mol. The van der Waals surface area contributed by atoms with E-state index in [1.165, 1.54) is 4.70 Å². The zero-order valence-electron chi connectivity index (χ0n) is 9.19. The van der Waals surface area contributed by atoms with Crippen molar-refractivity contribution in [3.63, 3.8) is 0 Å². The topological polar surface area (TPSA) is 9.23 Å². The summed E-state index contributed by atoms with van der Waals surface area (Å²) in [4.78, 5) is 0. The molecule has 3 aromatic rings. The Bertz CT molecular complexity index is 706. The Balaban J connectivity index is 2.01. The normalized spacial score (nSPS) is 10.8. The summed E-state index contributed by atoms with van der Waals surface area (Å²) in [5.74, 6) is 1.43. The van der Waals surface area contributed by atoms with E-state index in [1.807, 2.05) is 23.6 Å². The highest BCUT2D eigenvalue weighted by Crippen LogP contribution is 2.37. The van der Waals surface area contributed by atoms with Crippen LogP contribution >= 0.6 is 34.5 Å². The summed E-state index contributed by atoms with van der Waals surface area (Å²) in [6.45, 7) is 0. The molecule has 1 heterocycles. The van der Waals surface area contributed by atoms with Crippen molar-refractivity contribution in [2.45, 2.75) is 0 Å². The molecule has 0 fully saturated rings. The maximum atomic E-state index is 6.09. The Morgan fingerprint density at radius 1 is 0.944 bits per heavy atom. The van der Waals surface area contributed by atoms with Crippen molar-refractivity contribution in [3.8, 4) is 11.5 Å². The summed E-state index contributed by atoms with van der Waals surface area (Å²) < 4.78 is 7.03. The summed E-state index contributed by atoms with van der Waals surface area (Å²) in [6.07, 6.45) is 0. The van der Waals surface area contributed by atoms with Gasteiger partial charge in [-0.2, -0.15) is 0 Å². The van der Waals surface area contributed by atoms with Crippen molar-refractivity contribution in [1.82, 2.24) is 0 Å². The largest absolute Gasteiger partial charge is 0.454 e. The molecule has 0 N–H and O–H groups in total. The molecule has 0 spiro atoms. The van der Waals surface area contributed by atoms with Gasteiger partial charge in [0.2, 0.25) is 0 Å². The maximum Gasteiger partial charge on any atom is 0.146 e. The minimum Gasteiger partial charge on any atom is -0.454 e. The van der Waals surface area contributed by atoms with Crippen molar-refractivity contribution >= 4 is 44.6 Å². The molecule has 0 aliphatic heterocycles. The Morgan fingerprint density at radius 3 is 2.61 bits per heavy atom. The first-order valence-corrected chi connectivity index (χ1v) is 6.97. The molecular weight excluding hydrogens is 287 g/mol. The fraction of sp³-hybridized carbons (Fsp3) is 0. The zero-order valence-corrected chi connectivity index (χ0v) is 11.5. The van der Waals surface area contributed by atoms with Gasteiger partial charge in [-0.15, -0.1) is 11.3 Å². The number of ether oxygens (including phenoxy) is 1. The predicted molar refractivity (Wildman–Crippen MR) is 78.4 cm³/mol. The van der Waals surface area contributed by atoms with Crippen molar-refractivity contribution < 1.29 is 4.74 Å². The van der Waals surface area contributed by atoms with Gasteiger partial charge in [0.25, 0.3) is 0 Å². The maximum absolute atomic E-state index is 6.09. The van der Waals surface area contributed by atoms with Gasteiger partial charge in [-0.1, -0.05) is 35.3 Å². The van der Waals surface area contributed by atoms with Gasteiger partial charge in [0.15, 0.2) is 0 Å². The van der Waals surface area contributed by atoms with Crippen molar-refractivity contribution in [3.05, 3.63) is 57.9 Å². The van der Waals surface area contributed by atoms with Crippen molar-refractivity contribution in [1.29, 1.82) is 0 Å². The van der Waals surface area contributed by atoms with Crippen molar-refractivity contribution in [2.24, 2.45) is 0 Å². The summed E-state index contributed by atoms with van der Waals surface area (Å²) in [7, 11) is 0. The lowest BCUT2D eigenvalue weighted by molar-refractivity contribution is 0.490. The van der Waals surface area contributed by atoms with Gasteiger partial charge >= 0.3 is 0 Å². The monoisotopic (exact) mass is 294 g/mol.